The van der Waals surface area contributed by atoms with Crippen LogP contribution in [0, 0.1) is 11.8 Å². The van der Waals surface area contributed by atoms with Gasteiger partial charge in [0.05, 0.1) is 5.69 Å². The molecule has 2 unspecified atom stereocenters. The largest absolute Gasteiger partial charge is 0.371 e. The number of piperidine rings is 1. The molecule has 3 nitrogen and oxygen atoms in total. The maximum Gasteiger partial charge on any atom is 0.0562 e. The number of pyridine rings is 1. The van der Waals surface area contributed by atoms with Gasteiger partial charge in [-0.25, -0.2) is 0 Å². The molecule has 1 aliphatic heterocycles. The first-order valence-electron chi connectivity index (χ1n) is 7.19. The molecule has 0 aromatic carbocycles. The van der Waals surface area contributed by atoms with Gasteiger partial charge in [0, 0.05) is 31.5 Å². The molecule has 0 spiro atoms. The Labute approximate surface area is 110 Å². The van der Waals surface area contributed by atoms with E-state index in [1.54, 1.807) is 0 Å². The Balaban J connectivity index is 1.75. The van der Waals surface area contributed by atoms with E-state index in [1.807, 2.05) is 13.2 Å². The molecule has 2 heterocycles. The van der Waals surface area contributed by atoms with Crippen molar-refractivity contribution in [1.29, 1.82) is 0 Å². The van der Waals surface area contributed by atoms with Gasteiger partial charge in [0.2, 0.25) is 0 Å². The predicted octanol–water partition coefficient (Wildman–Crippen LogP) is 2.43. The fourth-order valence-electron chi connectivity index (χ4n) is 3.58. The van der Waals surface area contributed by atoms with Crippen molar-refractivity contribution >= 4 is 5.69 Å². The maximum absolute atomic E-state index is 4.41. The number of nitrogens with one attached hydrogen (secondary N) is 1. The van der Waals surface area contributed by atoms with Crippen LogP contribution in [0.3, 0.4) is 0 Å². The molecule has 3 heteroatoms. The lowest BCUT2D eigenvalue weighted by Gasteiger charge is -2.42. The lowest BCUT2D eigenvalue weighted by atomic mass is 9.78. The Morgan fingerprint density at radius 3 is 2.83 bits per heavy atom. The van der Waals surface area contributed by atoms with E-state index in [1.165, 1.54) is 44.5 Å². The Morgan fingerprint density at radius 1 is 1.33 bits per heavy atom. The van der Waals surface area contributed by atoms with Crippen LogP contribution in [0.5, 0.6) is 0 Å². The van der Waals surface area contributed by atoms with E-state index in [0.717, 1.165) is 24.1 Å². The number of nitrogens with zero attached hydrogens (tertiary/aromatic N) is 2. The number of aromatic nitrogens is 1. The summed E-state index contributed by atoms with van der Waals surface area (Å²) in [6.45, 7) is 3.35. The smallest absolute Gasteiger partial charge is 0.0562 e. The molecule has 98 valence electrons. The van der Waals surface area contributed by atoms with Gasteiger partial charge in [0.15, 0.2) is 0 Å². The van der Waals surface area contributed by atoms with E-state index in [0.29, 0.717) is 0 Å². The first kappa shape index (κ1) is 12.0. The van der Waals surface area contributed by atoms with Crippen molar-refractivity contribution < 1.29 is 0 Å². The van der Waals surface area contributed by atoms with E-state index in [9.17, 15) is 0 Å². The normalized spacial score (nSPS) is 27.3. The van der Waals surface area contributed by atoms with Gasteiger partial charge in [-0.2, -0.15) is 0 Å². The fraction of sp³-hybridized carbons (Fsp3) is 0.667. The van der Waals surface area contributed by atoms with Gasteiger partial charge in [-0.05, 0) is 50.3 Å². The van der Waals surface area contributed by atoms with Crippen molar-refractivity contribution in [2.75, 3.05) is 25.0 Å². The van der Waals surface area contributed by atoms with Crippen molar-refractivity contribution in [1.82, 2.24) is 10.3 Å². The highest BCUT2D eigenvalue weighted by Crippen LogP contribution is 2.36. The van der Waals surface area contributed by atoms with Crippen molar-refractivity contribution in [2.45, 2.75) is 32.2 Å². The van der Waals surface area contributed by atoms with Crippen LogP contribution in [0.1, 0.15) is 31.4 Å². The third kappa shape index (κ3) is 2.51. The zero-order valence-electron chi connectivity index (χ0n) is 11.2. The molecule has 1 saturated heterocycles. The lowest BCUT2D eigenvalue weighted by molar-refractivity contribution is 0.231. The summed E-state index contributed by atoms with van der Waals surface area (Å²) in [4.78, 5) is 6.99. The molecule has 1 aromatic heterocycles. The van der Waals surface area contributed by atoms with Crippen LogP contribution in [0.4, 0.5) is 5.69 Å². The summed E-state index contributed by atoms with van der Waals surface area (Å²) < 4.78 is 0. The number of rotatable bonds is 3. The zero-order valence-corrected chi connectivity index (χ0v) is 11.2. The molecule has 3 rings (SSSR count). The van der Waals surface area contributed by atoms with Crippen molar-refractivity contribution in [3.05, 3.63) is 24.0 Å². The minimum absolute atomic E-state index is 0.856. The van der Waals surface area contributed by atoms with Crippen LogP contribution < -0.4 is 10.2 Å². The first-order valence-corrected chi connectivity index (χ1v) is 7.19. The number of hydrogen-bond donors (Lipinski definition) is 1. The zero-order chi connectivity index (χ0) is 12.4. The lowest BCUT2D eigenvalue weighted by Crippen LogP contribution is -2.42. The highest BCUT2D eigenvalue weighted by Gasteiger charge is 2.30. The fourth-order valence-corrected chi connectivity index (χ4v) is 3.58. The van der Waals surface area contributed by atoms with Crippen molar-refractivity contribution in [3.63, 3.8) is 0 Å². The highest BCUT2D eigenvalue weighted by molar-refractivity contribution is 5.47. The molecule has 1 N–H and O–H groups in total. The first-order chi connectivity index (χ1) is 8.85. The van der Waals surface area contributed by atoms with Crippen LogP contribution >= 0.6 is 0 Å². The van der Waals surface area contributed by atoms with Crippen molar-refractivity contribution in [3.8, 4) is 0 Å². The Morgan fingerprint density at radius 2 is 2.11 bits per heavy atom. The minimum Gasteiger partial charge on any atom is -0.371 e. The summed E-state index contributed by atoms with van der Waals surface area (Å²) in [6.07, 6.45) is 7.73. The summed E-state index contributed by atoms with van der Waals surface area (Å²) in [5.74, 6) is 1.86. The minimum atomic E-state index is 0.856. The molecule has 2 aliphatic rings. The third-order valence-corrected chi connectivity index (χ3v) is 4.37. The van der Waals surface area contributed by atoms with Gasteiger partial charge in [0.1, 0.15) is 0 Å². The van der Waals surface area contributed by atoms with E-state index in [2.05, 4.69) is 27.3 Å². The summed E-state index contributed by atoms with van der Waals surface area (Å²) >= 11 is 0. The van der Waals surface area contributed by atoms with E-state index in [4.69, 9.17) is 0 Å². The molecule has 2 fully saturated rings. The number of hydrogen-bond acceptors (Lipinski definition) is 3. The van der Waals surface area contributed by atoms with Gasteiger partial charge in [0.25, 0.3) is 0 Å². The molecule has 2 bridgehead atoms. The molecular weight excluding hydrogens is 222 g/mol. The van der Waals surface area contributed by atoms with Gasteiger partial charge in [-0.1, -0.05) is 6.42 Å². The molecule has 2 atom stereocenters. The van der Waals surface area contributed by atoms with Crippen LogP contribution in [0.15, 0.2) is 18.3 Å². The maximum atomic E-state index is 4.41. The second-order valence-corrected chi connectivity index (χ2v) is 5.84. The third-order valence-electron chi connectivity index (χ3n) is 4.37. The second-order valence-electron chi connectivity index (χ2n) is 5.84. The molecule has 18 heavy (non-hydrogen) atoms. The topological polar surface area (TPSA) is 28.2 Å². The Hall–Kier alpha value is -1.09. The Bertz CT molecular complexity index is 392. The molecule has 1 aromatic rings. The summed E-state index contributed by atoms with van der Waals surface area (Å²) in [5.41, 5.74) is 2.51. The molecular formula is C15H23N3. The van der Waals surface area contributed by atoms with E-state index >= 15 is 0 Å². The average molecular weight is 245 g/mol. The van der Waals surface area contributed by atoms with Gasteiger partial charge < -0.3 is 10.2 Å². The van der Waals surface area contributed by atoms with E-state index < -0.39 is 0 Å². The van der Waals surface area contributed by atoms with Gasteiger partial charge >= 0.3 is 0 Å². The summed E-state index contributed by atoms with van der Waals surface area (Å²) in [7, 11) is 1.97. The van der Waals surface area contributed by atoms with Crippen LogP contribution in [0.25, 0.3) is 0 Å². The SMILES string of the molecule is CNCc1cc(N2CC3CCCC(C3)C2)ccn1. The molecule has 1 saturated carbocycles. The van der Waals surface area contributed by atoms with E-state index in [-0.39, 0.29) is 0 Å². The molecule has 1 aliphatic carbocycles. The quantitative estimate of drug-likeness (QED) is 0.886. The predicted molar refractivity (Wildman–Crippen MR) is 74.7 cm³/mol. The van der Waals surface area contributed by atoms with Gasteiger partial charge in [-0.15, -0.1) is 0 Å². The average Bonchev–Trinajstić information content (AvgIpc) is 2.39. The number of anilines is 1. The highest BCUT2D eigenvalue weighted by atomic mass is 15.1. The van der Waals surface area contributed by atoms with Crippen LogP contribution in [-0.4, -0.2) is 25.1 Å². The summed E-state index contributed by atoms with van der Waals surface area (Å²) in [6, 6.07) is 4.41. The number of fused-ring (bicyclic) bond motifs is 2. The second kappa shape index (κ2) is 5.27. The van der Waals surface area contributed by atoms with Crippen molar-refractivity contribution in [2.24, 2.45) is 11.8 Å². The standard InChI is InChI=1S/C15H23N3/c1-16-9-14-8-15(5-6-17-14)18-10-12-3-2-4-13(7-12)11-18/h5-6,8,12-13,16H,2-4,7,9-11H2,1H3. The Kier molecular flexibility index (Phi) is 3.50. The molecule has 0 amide bonds. The monoisotopic (exact) mass is 245 g/mol. The molecule has 0 radical (unpaired) electrons. The van der Waals surface area contributed by atoms with Crippen LogP contribution in [0.2, 0.25) is 0 Å². The summed E-state index contributed by atoms with van der Waals surface area (Å²) in [5, 5.41) is 3.17. The van der Waals surface area contributed by atoms with Gasteiger partial charge in [-0.3, -0.25) is 4.98 Å². The van der Waals surface area contributed by atoms with Crippen LogP contribution in [-0.2, 0) is 6.54 Å².